The number of allylic oxidation sites excluding steroid dienone is 5. The largest absolute Gasteiger partial charge is 0.488 e. The van der Waals surface area contributed by atoms with Gasteiger partial charge in [0.25, 0.3) is 0 Å². The molecule has 0 spiro atoms. The van der Waals surface area contributed by atoms with Gasteiger partial charge in [-0.25, -0.2) is 14.5 Å². The second-order valence-electron chi connectivity index (χ2n) is 14.2. The van der Waals surface area contributed by atoms with Crippen molar-refractivity contribution in [3.8, 4) is 5.75 Å². The molecule has 1 aliphatic heterocycles. The van der Waals surface area contributed by atoms with Gasteiger partial charge in [-0.05, 0) is 81.1 Å². The standard InChI is InChI=1S/C38H48N8O3/c1-26-10-12-28(13-11-26)46-35(23-33(43-46)38(2,3)4)42-37(48)40-31-14-15-32(30-9-7-6-8-29(30)31)49-25-27-16-17-39-34(22-27)41-36(47)24-45-20-18-44(5)19-21-45/h7,9-10,12,14-17,22-23H,6,8,11,13,18-21,24-25H2,1-5H3,(H,39,41,47)(H2,40,42,48). The van der Waals surface area contributed by atoms with Crippen molar-refractivity contribution in [2.45, 2.75) is 65.4 Å². The van der Waals surface area contributed by atoms with Crippen molar-refractivity contribution in [3.63, 3.8) is 0 Å². The Balaban J connectivity index is 1.11. The van der Waals surface area contributed by atoms with Gasteiger partial charge in [-0.15, -0.1) is 0 Å². The molecule has 0 bridgehead atoms. The third-order valence-electron chi connectivity index (χ3n) is 9.19. The number of nitrogens with zero attached hydrogens (tertiary/aromatic N) is 5. The van der Waals surface area contributed by atoms with E-state index >= 15 is 0 Å². The van der Waals surface area contributed by atoms with Crippen LogP contribution < -0.4 is 20.7 Å². The fourth-order valence-electron chi connectivity index (χ4n) is 6.18. The fourth-order valence-corrected chi connectivity index (χ4v) is 6.18. The maximum absolute atomic E-state index is 13.5. The lowest BCUT2D eigenvalue weighted by Gasteiger charge is -2.31. The Bertz CT molecular complexity index is 1790. The molecule has 1 aromatic carbocycles. The molecule has 3 N–H and O–H groups in total. The van der Waals surface area contributed by atoms with E-state index in [0.29, 0.717) is 24.8 Å². The molecular formula is C38H48N8O3. The van der Waals surface area contributed by atoms with Crippen molar-refractivity contribution < 1.29 is 14.3 Å². The van der Waals surface area contributed by atoms with Crippen LogP contribution >= 0.6 is 0 Å². The van der Waals surface area contributed by atoms with Crippen LogP contribution in [0.2, 0.25) is 0 Å². The molecule has 3 aliphatic rings. The number of aromatic nitrogens is 3. The minimum atomic E-state index is -0.325. The Morgan fingerprint density at radius 2 is 1.78 bits per heavy atom. The molecule has 3 aromatic rings. The SMILES string of the molecule is CC1=CC=C(n2nc(C(C)(C)C)cc2NC(=O)Nc2ccc(OCc3ccnc(NC(=O)CN4CCN(C)CC4)c3)c3c2CCC=C3)CC1. The number of pyridine rings is 1. The van der Waals surface area contributed by atoms with Gasteiger partial charge in [-0.1, -0.05) is 44.6 Å². The molecule has 0 atom stereocenters. The van der Waals surface area contributed by atoms with E-state index in [-0.39, 0.29) is 17.4 Å². The van der Waals surface area contributed by atoms with Gasteiger partial charge in [0, 0.05) is 60.8 Å². The van der Waals surface area contributed by atoms with Crippen LogP contribution in [0.1, 0.15) is 69.3 Å². The summed E-state index contributed by atoms with van der Waals surface area (Å²) in [6, 6.07) is 9.17. The summed E-state index contributed by atoms with van der Waals surface area (Å²) in [7, 11) is 2.10. The second-order valence-corrected chi connectivity index (χ2v) is 14.2. The smallest absolute Gasteiger partial charge is 0.324 e. The zero-order valence-electron chi connectivity index (χ0n) is 29.3. The van der Waals surface area contributed by atoms with Gasteiger partial charge in [-0.2, -0.15) is 5.10 Å². The second kappa shape index (κ2) is 14.8. The summed E-state index contributed by atoms with van der Waals surface area (Å²) >= 11 is 0. The Labute approximate surface area is 289 Å². The van der Waals surface area contributed by atoms with Crippen molar-refractivity contribution in [3.05, 3.63) is 82.7 Å². The molecule has 0 saturated carbocycles. The van der Waals surface area contributed by atoms with Crippen LogP contribution in [0, 0.1) is 0 Å². The van der Waals surface area contributed by atoms with E-state index < -0.39 is 0 Å². The molecule has 2 aromatic heterocycles. The first kappa shape index (κ1) is 34.1. The van der Waals surface area contributed by atoms with E-state index in [1.165, 1.54) is 5.57 Å². The number of amides is 3. The number of hydrogen-bond donors (Lipinski definition) is 3. The summed E-state index contributed by atoms with van der Waals surface area (Å²) in [6.07, 6.45) is 13.5. The van der Waals surface area contributed by atoms with Gasteiger partial charge in [0.05, 0.1) is 12.2 Å². The van der Waals surface area contributed by atoms with Gasteiger partial charge < -0.3 is 20.3 Å². The molecule has 1 saturated heterocycles. The lowest BCUT2D eigenvalue weighted by molar-refractivity contribution is -0.117. The molecule has 0 unspecified atom stereocenters. The van der Waals surface area contributed by atoms with E-state index in [1.54, 1.807) is 6.20 Å². The summed E-state index contributed by atoms with van der Waals surface area (Å²) in [4.78, 5) is 34.9. The predicted molar refractivity (Wildman–Crippen MR) is 196 cm³/mol. The number of fused-ring (bicyclic) bond motifs is 1. The predicted octanol–water partition coefficient (Wildman–Crippen LogP) is 6.52. The molecular weight excluding hydrogens is 616 g/mol. The van der Waals surface area contributed by atoms with Crippen molar-refractivity contribution in [1.29, 1.82) is 0 Å². The number of rotatable bonds is 9. The minimum absolute atomic E-state index is 0.0705. The Kier molecular flexibility index (Phi) is 10.3. The van der Waals surface area contributed by atoms with Crippen LogP contribution in [-0.4, -0.2) is 76.3 Å². The van der Waals surface area contributed by atoms with E-state index in [2.05, 4.69) is 89.8 Å². The Morgan fingerprint density at radius 3 is 2.53 bits per heavy atom. The monoisotopic (exact) mass is 664 g/mol. The molecule has 6 rings (SSSR count). The van der Waals surface area contributed by atoms with Gasteiger partial charge in [-0.3, -0.25) is 15.0 Å². The number of piperazine rings is 1. The average molecular weight is 665 g/mol. The number of ether oxygens (including phenoxy) is 1. The number of benzene rings is 1. The van der Waals surface area contributed by atoms with Crippen molar-refractivity contribution in [1.82, 2.24) is 24.6 Å². The fraction of sp³-hybridized carbons (Fsp3) is 0.421. The number of carbonyl (C=O) groups is 2. The van der Waals surface area contributed by atoms with Crippen molar-refractivity contribution >= 4 is 41.0 Å². The average Bonchev–Trinajstić information content (AvgIpc) is 3.50. The molecule has 2 aliphatic carbocycles. The lowest BCUT2D eigenvalue weighted by Crippen LogP contribution is -2.47. The van der Waals surface area contributed by atoms with Gasteiger partial charge in [0.1, 0.15) is 24.0 Å². The maximum Gasteiger partial charge on any atom is 0.324 e. The number of hydrogen-bond acceptors (Lipinski definition) is 7. The van der Waals surface area contributed by atoms with Crippen LogP contribution in [0.15, 0.2) is 60.3 Å². The van der Waals surface area contributed by atoms with Crippen LogP contribution in [0.25, 0.3) is 11.8 Å². The summed E-state index contributed by atoms with van der Waals surface area (Å²) < 4.78 is 8.17. The van der Waals surface area contributed by atoms with E-state index in [9.17, 15) is 9.59 Å². The normalized spacial score (nSPS) is 16.8. The summed E-state index contributed by atoms with van der Waals surface area (Å²) in [5.41, 5.74) is 6.74. The molecule has 3 amide bonds. The number of carbonyl (C=O) groups excluding carboxylic acids is 2. The maximum atomic E-state index is 13.5. The van der Waals surface area contributed by atoms with Gasteiger partial charge in [0.15, 0.2) is 0 Å². The molecule has 3 heterocycles. The summed E-state index contributed by atoms with van der Waals surface area (Å²) in [5, 5.41) is 14.0. The summed E-state index contributed by atoms with van der Waals surface area (Å²) in [6.45, 7) is 12.8. The molecule has 1 fully saturated rings. The number of nitrogens with one attached hydrogen (secondary N) is 3. The first-order valence-electron chi connectivity index (χ1n) is 17.2. The van der Waals surface area contributed by atoms with E-state index in [4.69, 9.17) is 9.84 Å². The number of urea groups is 1. The van der Waals surface area contributed by atoms with Crippen LogP contribution in [-0.2, 0) is 23.2 Å². The van der Waals surface area contributed by atoms with E-state index in [0.717, 1.165) is 91.4 Å². The molecule has 258 valence electrons. The highest BCUT2D eigenvalue weighted by Gasteiger charge is 2.24. The quantitative estimate of drug-likeness (QED) is 0.238. The lowest BCUT2D eigenvalue weighted by atomic mass is 9.92. The highest BCUT2D eigenvalue weighted by molar-refractivity contribution is 6.00. The zero-order valence-corrected chi connectivity index (χ0v) is 29.3. The number of likely N-dealkylation sites (N-methyl/N-ethyl adjacent to an activating group) is 1. The Hall–Kier alpha value is -4.74. The highest BCUT2D eigenvalue weighted by atomic mass is 16.5. The van der Waals surface area contributed by atoms with Crippen LogP contribution in [0.3, 0.4) is 0 Å². The minimum Gasteiger partial charge on any atom is -0.488 e. The van der Waals surface area contributed by atoms with Gasteiger partial charge in [0.2, 0.25) is 5.91 Å². The first-order valence-corrected chi connectivity index (χ1v) is 17.2. The first-order chi connectivity index (χ1) is 23.5. The van der Waals surface area contributed by atoms with Crippen LogP contribution in [0.4, 0.5) is 22.1 Å². The molecule has 11 heteroatoms. The third kappa shape index (κ3) is 8.65. The van der Waals surface area contributed by atoms with Crippen LogP contribution in [0.5, 0.6) is 5.75 Å². The Morgan fingerprint density at radius 1 is 0.959 bits per heavy atom. The topological polar surface area (TPSA) is 117 Å². The van der Waals surface area contributed by atoms with Gasteiger partial charge >= 0.3 is 6.03 Å². The third-order valence-corrected chi connectivity index (χ3v) is 9.19. The van der Waals surface area contributed by atoms with Crippen molar-refractivity contribution in [2.75, 3.05) is 55.7 Å². The van der Waals surface area contributed by atoms with E-state index in [1.807, 2.05) is 35.0 Å². The molecule has 11 nitrogen and oxygen atoms in total. The molecule has 0 radical (unpaired) electrons. The zero-order chi connectivity index (χ0) is 34.5. The molecule has 49 heavy (non-hydrogen) atoms. The summed E-state index contributed by atoms with van der Waals surface area (Å²) in [5.74, 6) is 1.81. The number of anilines is 3. The highest BCUT2D eigenvalue weighted by Crippen LogP contribution is 2.35. The van der Waals surface area contributed by atoms with Crippen molar-refractivity contribution in [2.24, 2.45) is 0 Å².